The molecule has 0 aromatic heterocycles. The van der Waals surface area contributed by atoms with E-state index in [1.165, 1.54) is 44.9 Å². The van der Waals surface area contributed by atoms with Gasteiger partial charge in [0.1, 0.15) is 0 Å². The number of hydrogen-bond donors (Lipinski definition) is 0. The molecular weight excluding hydrogens is 156 g/mol. The molecule has 1 aliphatic rings. The Labute approximate surface area is 82.0 Å². The fourth-order valence-electron chi connectivity index (χ4n) is 1.48. The first kappa shape index (κ1) is 10.3. The van der Waals surface area contributed by atoms with Crippen LogP contribution in [-0.2, 0) is 0 Å². The summed E-state index contributed by atoms with van der Waals surface area (Å²) in [5.41, 5.74) is 0. The summed E-state index contributed by atoms with van der Waals surface area (Å²) in [5.74, 6) is 0. The Bertz CT molecular complexity index is 184. The summed E-state index contributed by atoms with van der Waals surface area (Å²) in [6, 6.07) is 0. The molecule has 0 atom stereocenters. The lowest BCUT2D eigenvalue weighted by Crippen LogP contribution is -1.74. The third-order valence-electron chi connectivity index (χ3n) is 2.29. The van der Waals surface area contributed by atoms with Crippen molar-refractivity contribution >= 4 is 0 Å². The molecule has 0 nitrogen and oxygen atoms in total. The van der Waals surface area contributed by atoms with Crippen LogP contribution in [-0.4, -0.2) is 0 Å². The van der Waals surface area contributed by atoms with Crippen molar-refractivity contribution in [1.82, 2.24) is 0 Å². The van der Waals surface area contributed by atoms with Gasteiger partial charge in [-0.2, -0.15) is 0 Å². The average Bonchev–Trinajstić information content (AvgIpc) is 2.18. The molecule has 0 spiro atoms. The maximum atomic E-state index is 2.33. The molecular formula is C13H20. The van der Waals surface area contributed by atoms with Crippen molar-refractivity contribution in [1.29, 1.82) is 0 Å². The molecule has 0 amide bonds. The first-order chi connectivity index (χ1) is 6.50. The van der Waals surface area contributed by atoms with E-state index in [1.807, 2.05) is 0 Å². The third-order valence-corrected chi connectivity index (χ3v) is 2.29. The van der Waals surface area contributed by atoms with Crippen LogP contribution in [0.25, 0.3) is 0 Å². The Morgan fingerprint density at radius 1 is 0.462 bits per heavy atom. The summed E-state index contributed by atoms with van der Waals surface area (Å²) in [7, 11) is 0. The van der Waals surface area contributed by atoms with Crippen LogP contribution in [0.15, 0.2) is 36.5 Å². The first-order valence-electron chi connectivity index (χ1n) is 5.47. The molecule has 0 aromatic rings. The van der Waals surface area contributed by atoms with E-state index in [0.717, 1.165) is 0 Å². The zero-order chi connectivity index (χ0) is 9.19. The summed E-state index contributed by atoms with van der Waals surface area (Å²) in [4.78, 5) is 0. The number of allylic oxidation sites excluding steroid dienone is 6. The molecule has 0 aliphatic heterocycles. The average molecular weight is 176 g/mol. The van der Waals surface area contributed by atoms with Crippen molar-refractivity contribution in [2.24, 2.45) is 0 Å². The Kier molecular flexibility index (Phi) is 6.22. The predicted octanol–water partition coefficient (Wildman–Crippen LogP) is 4.40. The van der Waals surface area contributed by atoms with Crippen molar-refractivity contribution in [3.63, 3.8) is 0 Å². The minimum atomic E-state index is 1.18. The van der Waals surface area contributed by atoms with Crippen molar-refractivity contribution in [2.75, 3.05) is 0 Å². The normalized spacial score (nSPS) is 22.8. The predicted molar refractivity (Wildman–Crippen MR) is 59.7 cm³/mol. The van der Waals surface area contributed by atoms with Crippen LogP contribution in [0, 0.1) is 0 Å². The summed E-state index contributed by atoms with van der Waals surface area (Å²) >= 11 is 0. The van der Waals surface area contributed by atoms with Crippen molar-refractivity contribution < 1.29 is 0 Å². The molecule has 0 fully saturated rings. The quantitative estimate of drug-likeness (QED) is 0.480. The lowest BCUT2D eigenvalue weighted by Gasteiger charge is -1.94. The zero-order valence-electron chi connectivity index (χ0n) is 8.41. The van der Waals surface area contributed by atoms with Crippen LogP contribution in [0.1, 0.15) is 44.9 Å². The molecule has 1 aliphatic carbocycles. The van der Waals surface area contributed by atoms with Gasteiger partial charge in [-0.05, 0) is 38.5 Å². The largest absolute Gasteiger partial charge is 0.0885 e. The summed E-state index contributed by atoms with van der Waals surface area (Å²) in [6.07, 6.45) is 22.5. The highest BCUT2D eigenvalue weighted by molar-refractivity contribution is 5.03. The Morgan fingerprint density at radius 3 is 1.85 bits per heavy atom. The Hall–Kier alpha value is -0.780. The van der Waals surface area contributed by atoms with Crippen LogP contribution < -0.4 is 0 Å². The SMILES string of the molecule is C1=CCC/C=C\CCCCCC=C1. The summed E-state index contributed by atoms with van der Waals surface area (Å²) < 4.78 is 0. The summed E-state index contributed by atoms with van der Waals surface area (Å²) in [6.45, 7) is 0. The molecule has 0 unspecified atom stereocenters. The smallest absolute Gasteiger partial charge is 0.0313 e. The molecule has 0 N–H and O–H groups in total. The van der Waals surface area contributed by atoms with Gasteiger partial charge < -0.3 is 0 Å². The standard InChI is InChI=1S/C13H20/c1-2-4-6-8-10-12-13-11-9-7-5-3-1/h1-4,9,11H,5-8,10,12-13H2/b3-1?,4-2?,11-9-. The van der Waals surface area contributed by atoms with Crippen LogP contribution in [0.4, 0.5) is 0 Å². The molecule has 1 rings (SSSR count). The van der Waals surface area contributed by atoms with Crippen molar-refractivity contribution in [2.45, 2.75) is 44.9 Å². The van der Waals surface area contributed by atoms with Crippen molar-refractivity contribution in [3.05, 3.63) is 36.5 Å². The van der Waals surface area contributed by atoms with Crippen LogP contribution in [0.3, 0.4) is 0 Å². The Morgan fingerprint density at radius 2 is 1.00 bits per heavy atom. The van der Waals surface area contributed by atoms with Gasteiger partial charge in [0.05, 0.1) is 0 Å². The maximum absolute atomic E-state index is 2.33. The zero-order valence-corrected chi connectivity index (χ0v) is 8.41. The summed E-state index contributed by atoms with van der Waals surface area (Å²) in [5, 5.41) is 0. The van der Waals surface area contributed by atoms with Gasteiger partial charge >= 0.3 is 0 Å². The van der Waals surface area contributed by atoms with Gasteiger partial charge in [-0.25, -0.2) is 0 Å². The Balaban J connectivity index is 2.28. The fraction of sp³-hybridized carbons (Fsp3) is 0.538. The van der Waals surface area contributed by atoms with Gasteiger partial charge in [0.25, 0.3) is 0 Å². The van der Waals surface area contributed by atoms with Gasteiger partial charge in [0, 0.05) is 0 Å². The molecule has 13 heavy (non-hydrogen) atoms. The molecule has 0 heterocycles. The van der Waals surface area contributed by atoms with E-state index in [2.05, 4.69) is 36.5 Å². The molecule has 0 aromatic carbocycles. The van der Waals surface area contributed by atoms with Gasteiger partial charge in [0.15, 0.2) is 0 Å². The molecule has 0 heteroatoms. The highest BCUT2D eigenvalue weighted by atomic mass is 13.9. The van der Waals surface area contributed by atoms with E-state index < -0.39 is 0 Å². The van der Waals surface area contributed by atoms with Gasteiger partial charge in [-0.1, -0.05) is 42.9 Å². The second-order valence-corrected chi connectivity index (χ2v) is 3.54. The third kappa shape index (κ3) is 6.39. The monoisotopic (exact) mass is 176 g/mol. The van der Waals surface area contributed by atoms with E-state index >= 15 is 0 Å². The minimum absolute atomic E-state index is 1.18. The van der Waals surface area contributed by atoms with Gasteiger partial charge in [-0.15, -0.1) is 0 Å². The van der Waals surface area contributed by atoms with Crippen LogP contribution in [0.2, 0.25) is 0 Å². The second-order valence-electron chi connectivity index (χ2n) is 3.54. The fourth-order valence-corrected chi connectivity index (χ4v) is 1.48. The highest BCUT2D eigenvalue weighted by Gasteiger charge is 1.86. The van der Waals surface area contributed by atoms with Gasteiger partial charge in [-0.3, -0.25) is 0 Å². The maximum Gasteiger partial charge on any atom is -0.0313 e. The van der Waals surface area contributed by atoms with Gasteiger partial charge in [0.2, 0.25) is 0 Å². The molecule has 0 saturated heterocycles. The molecule has 0 radical (unpaired) electrons. The minimum Gasteiger partial charge on any atom is -0.0885 e. The highest BCUT2D eigenvalue weighted by Crippen LogP contribution is 2.06. The van der Waals surface area contributed by atoms with Crippen LogP contribution >= 0.6 is 0 Å². The van der Waals surface area contributed by atoms with E-state index in [4.69, 9.17) is 0 Å². The van der Waals surface area contributed by atoms with Crippen LogP contribution in [0.5, 0.6) is 0 Å². The topological polar surface area (TPSA) is 0 Å². The molecule has 0 bridgehead atoms. The molecule has 0 saturated carbocycles. The van der Waals surface area contributed by atoms with E-state index in [0.29, 0.717) is 0 Å². The van der Waals surface area contributed by atoms with E-state index in [-0.39, 0.29) is 0 Å². The van der Waals surface area contributed by atoms with E-state index in [9.17, 15) is 0 Å². The van der Waals surface area contributed by atoms with Crippen molar-refractivity contribution in [3.8, 4) is 0 Å². The molecule has 72 valence electrons. The number of hydrogen-bond acceptors (Lipinski definition) is 0. The first-order valence-corrected chi connectivity index (χ1v) is 5.47. The lowest BCUT2D eigenvalue weighted by molar-refractivity contribution is 0.695. The lowest BCUT2D eigenvalue weighted by atomic mass is 10.1. The van der Waals surface area contributed by atoms with E-state index in [1.54, 1.807) is 0 Å². The number of rotatable bonds is 0. The second kappa shape index (κ2) is 7.85.